The number of nitrogens with one attached hydrogen (secondary N) is 1. The maximum absolute atomic E-state index is 12.3. The van der Waals surface area contributed by atoms with Crippen molar-refractivity contribution in [3.8, 4) is 0 Å². The van der Waals surface area contributed by atoms with Gasteiger partial charge in [0.05, 0.1) is 12.1 Å². The Hall–Kier alpha value is -1.59. The lowest BCUT2D eigenvalue weighted by Crippen LogP contribution is -2.53. The van der Waals surface area contributed by atoms with Crippen molar-refractivity contribution in [1.82, 2.24) is 10.2 Å². The second-order valence-corrected chi connectivity index (χ2v) is 6.66. The molecule has 1 fully saturated rings. The molecule has 122 valence electrons. The van der Waals surface area contributed by atoms with Crippen molar-refractivity contribution in [2.24, 2.45) is 0 Å². The molecule has 1 aromatic carbocycles. The van der Waals surface area contributed by atoms with Gasteiger partial charge in [0, 0.05) is 13.1 Å². The van der Waals surface area contributed by atoms with Crippen LogP contribution in [-0.2, 0) is 16.0 Å². The van der Waals surface area contributed by atoms with E-state index in [1.165, 1.54) is 5.56 Å². The molecule has 0 bridgehead atoms. The van der Waals surface area contributed by atoms with Gasteiger partial charge in [-0.1, -0.05) is 30.3 Å². The van der Waals surface area contributed by atoms with Gasteiger partial charge in [-0.05, 0) is 33.3 Å². The summed E-state index contributed by atoms with van der Waals surface area (Å²) in [5.74, 6) is 0. The van der Waals surface area contributed by atoms with Crippen LogP contribution < -0.4 is 5.32 Å². The smallest absolute Gasteiger partial charge is 0.412 e. The summed E-state index contributed by atoms with van der Waals surface area (Å²) >= 11 is 0. The van der Waals surface area contributed by atoms with E-state index in [9.17, 15) is 4.79 Å². The molecule has 0 radical (unpaired) electrons. The Morgan fingerprint density at radius 2 is 1.95 bits per heavy atom. The minimum atomic E-state index is -0.627. The van der Waals surface area contributed by atoms with Crippen LogP contribution in [0.25, 0.3) is 0 Å². The van der Waals surface area contributed by atoms with Crippen molar-refractivity contribution >= 4 is 6.09 Å². The lowest BCUT2D eigenvalue weighted by atomic mass is 10.0. The molecule has 5 heteroatoms. The Balaban J connectivity index is 1.74. The Morgan fingerprint density at radius 3 is 2.55 bits per heavy atom. The van der Waals surface area contributed by atoms with Crippen LogP contribution in [-0.4, -0.2) is 42.0 Å². The van der Waals surface area contributed by atoms with Crippen molar-refractivity contribution in [2.75, 3.05) is 19.8 Å². The molecule has 0 spiro atoms. The first kappa shape index (κ1) is 16.8. The van der Waals surface area contributed by atoms with Crippen molar-refractivity contribution in [3.05, 3.63) is 35.9 Å². The van der Waals surface area contributed by atoms with Gasteiger partial charge >= 0.3 is 6.09 Å². The number of carbonyl (C=O) groups is 1. The van der Waals surface area contributed by atoms with E-state index in [2.05, 4.69) is 17.4 Å². The van der Waals surface area contributed by atoms with Crippen LogP contribution >= 0.6 is 0 Å². The first-order chi connectivity index (χ1) is 10.3. The predicted octanol–water partition coefficient (Wildman–Crippen LogP) is 2.76. The molecule has 0 aromatic heterocycles. The van der Waals surface area contributed by atoms with Crippen LogP contribution in [0, 0.1) is 0 Å². The molecule has 5 nitrogen and oxygen atoms in total. The van der Waals surface area contributed by atoms with Gasteiger partial charge in [0.15, 0.2) is 0 Å². The van der Waals surface area contributed by atoms with Gasteiger partial charge in [-0.15, -0.1) is 0 Å². The Bertz CT molecular complexity index is 484. The quantitative estimate of drug-likeness (QED) is 0.850. The molecule has 0 saturated carbocycles. The molecule has 2 rings (SSSR count). The molecular formula is C17H26N2O3. The van der Waals surface area contributed by atoms with Crippen molar-refractivity contribution in [2.45, 2.75) is 45.5 Å². The summed E-state index contributed by atoms with van der Waals surface area (Å²) in [6.45, 7) is 9.98. The molecule has 1 heterocycles. The van der Waals surface area contributed by atoms with Gasteiger partial charge in [0.2, 0.25) is 0 Å². The highest BCUT2D eigenvalue weighted by Gasteiger charge is 2.49. The van der Waals surface area contributed by atoms with Crippen molar-refractivity contribution in [3.63, 3.8) is 0 Å². The Kier molecular flexibility index (Phi) is 5.08. The third-order valence-corrected chi connectivity index (χ3v) is 3.78. The van der Waals surface area contributed by atoms with Crippen LogP contribution in [0.5, 0.6) is 0 Å². The fourth-order valence-corrected chi connectivity index (χ4v) is 2.78. The number of carbonyl (C=O) groups excluding carboxylic acids is 1. The molecular weight excluding hydrogens is 280 g/mol. The van der Waals surface area contributed by atoms with Crippen LogP contribution in [0.1, 0.15) is 33.3 Å². The van der Waals surface area contributed by atoms with E-state index in [1.54, 1.807) is 4.90 Å². The number of hydrogen-bond donors (Lipinski definition) is 1. The van der Waals surface area contributed by atoms with Gasteiger partial charge in [0.25, 0.3) is 0 Å². The normalized spacial score (nSPS) is 19.2. The molecule has 1 aliphatic heterocycles. The highest BCUT2D eigenvalue weighted by Crippen LogP contribution is 2.34. The van der Waals surface area contributed by atoms with Crippen LogP contribution in [0.3, 0.4) is 0 Å². The van der Waals surface area contributed by atoms with Gasteiger partial charge in [-0.2, -0.15) is 0 Å². The van der Waals surface area contributed by atoms with Crippen LogP contribution in [0.4, 0.5) is 4.79 Å². The fourth-order valence-electron chi connectivity index (χ4n) is 2.78. The maximum atomic E-state index is 12.3. The lowest BCUT2D eigenvalue weighted by Gasteiger charge is -2.36. The van der Waals surface area contributed by atoms with E-state index in [-0.39, 0.29) is 11.6 Å². The lowest BCUT2D eigenvalue weighted by molar-refractivity contribution is -0.0515. The van der Waals surface area contributed by atoms with E-state index in [0.717, 1.165) is 6.54 Å². The van der Waals surface area contributed by atoms with Gasteiger partial charge in [-0.3, -0.25) is 4.90 Å². The molecule has 1 aromatic rings. The molecule has 1 amide bonds. The number of benzene rings is 1. The number of ether oxygens (including phenoxy) is 2. The molecule has 22 heavy (non-hydrogen) atoms. The predicted molar refractivity (Wildman–Crippen MR) is 85.4 cm³/mol. The zero-order valence-corrected chi connectivity index (χ0v) is 13.9. The van der Waals surface area contributed by atoms with E-state index in [0.29, 0.717) is 19.8 Å². The number of rotatable bonds is 5. The second kappa shape index (κ2) is 6.67. The average Bonchev–Trinajstić information content (AvgIpc) is 2.68. The summed E-state index contributed by atoms with van der Waals surface area (Å²) in [6, 6.07) is 10.1. The molecule has 1 saturated heterocycles. The average molecular weight is 306 g/mol. The van der Waals surface area contributed by atoms with Gasteiger partial charge in [-0.25, -0.2) is 4.79 Å². The summed E-state index contributed by atoms with van der Waals surface area (Å²) in [7, 11) is 0. The number of hydrogen-bond acceptors (Lipinski definition) is 4. The first-order valence-corrected chi connectivity index (χ1v) is 7.69. The molecule has 0 atom stereocenters. The summed E-state index contributed by atoms with van der Waals surface area (Å²) in [6.07, 6.45) is -0.325. The highest BCUT2D eigenvalue weighted by molar-refractivity contribution is 5.69. The molecule has 1 aliphatic rings. The van der Waals surface area contributed by atoms with E-state index >= 15 is 0 Å². The number of amides is 1. The van der Waals surface area contributed by atoms with Crippen LogP contribution in [0.2, 0.25) is 0 Å². The monoisotopic (exact) mass is 306 g/mol. The van der Waals surface area contributed by atoms with Crippen molar-refractivity contribution in [1.29, 1.82) is 0 Å². The second-order valence-electron chi connectivity index (χ2n) is 6.66. The summed E-state index contributed by atoms with van der Waals surface area (Å²) in [4.78, 5) is 14.0. The maximum Gasteiger partial charge on any atom is 0.412 e. The topological polar surface area (TPSA) is 50.8 Å². The standard InChI is InChI=1S/C17H26N2O3/c1-16(2)13-22-17(3,4)19(16)15(20)21-11-10-18-12-14-8-6-5-7-9-14/h5-9,18H,10-13H2,1-4H3. The third-order valence-electron chi connectivity index (χ3n) is 3.78. The zero-order valence-electron chi connectivity index (χ0n) is 13.9. The third kappa shape index (κ3) is 3.99. The van der Waals surface area contributed by atoms with E-state index in [4.69, 9.17) is 9.47 Å². The van der Waals surface area contributed by atoms with Crippen LogP contribution in [0.15, 0.2) is 30.3 Å². The summed E-state index contributed by atoms with van der Waals surface area (Å²) in [5.41, 5.74) is 0.236. The van der Waals surface area contributed by atoms with E-state index < -0.39 is 5.72 Å². The van der Waals surface area contributed by atoms with E-state index in [1.807, 2.05) is 45.9 Å². The van der Waals surface area contributed by atoms with Gasteiger partial charge < -0.3 is 14.8 Å². The minimum Gasteiger partial charge on any atom is -0.448 e. The summed E-state index contributed by atoms with van der Waals surface area (Å²) in [5, 5.41) is 3.26. The Labute approximate surface area is 132 Å². The van der Waals surface area contributed by atoms with Gasteiger partial charge in [0.1, 0.15) is 12.3 Å². The molecule has 1 N–H and O–H groups in total. The molecule has 0 aliphatic carbocycles. The molecule has 0 unspecified atom stereocenters. The largest absolute Gasteiger partial charge is 0.448 e. The fraction of sp³-hybridized carbons (Fsp3) is 0.588. The Morgan fingerprint density at radius 1 is 1.27 bits per heavy atom. The zero-order chi connectivity index (χ0) is 16.2. The summed E-state index contributed by atoms with van der Waals surface area (Å²) < 4.78 is 11.1. The minimum absolute atomic E-state index is 0.325. The SMILES string of the molecule is CC1(C)COC(C)(C)N1C(=O)OCCNCc1ccccc1. The highest BCUT2D eigenvalue weighted by atomic mass is 16.6. The number of nitrogens with zero attached hydrogens (tertiary/aromatic N) is 1. The first-order valence-electron chi connectivity index (χ1n) is 7.69. The van der Waals surface area contributed by atoms with Crippen molar-refractivity contribution < 1.29 is 14.3 Å².